The summed E-state index contributed by atoms with van der Waals surface area (Å²) in [4.78, 5) is 9.60. The highest BCUT2D eigenvalue weighted by Crippen LogP contribution is 2.31. The number of carboxylic acid groups (broad SMARTS) is 1. The van der Waals surface area contributed by atoms with Crippen molar-refractivity contribution in [3.8, 4) is 5.75 Å². The van der Waals surface area contributed by atoms with Gasteiger partial charge in [0.05, 0.1) is 39.6 Å². The van der Waals surface area contributed by atoms with Gasteiger partial charge in [-0.05, 0) is 24.0 Å². The van der Waals surface area contributed by atoms with Crippen molar-refractivity contribution in [3.63, 3.8) is 0 Å². The molecule has 1 rings (SSSR count). The summed E-state index contributed by atoms with van der Waals surface area (Å²) in [6.45, 7) is 13.0. The molecule has 8 nitrogen and oxygen atoms in total. The molecule has 0 spiro atoms. The zero-order valence-corrected chi connectivity index (χ0v) is 18.4. The normalized spacial score (nSPS) is 11.9. The lowest BCUT2D eigenvalue weighted by molar-refractivity contribution is -0.132. The average Bonchev–Trinajstić information content (AvgIpc) is 2.66. The van der Waals surface area contributed by atoms with E-state index in [-0.39, 0.29) is 24.2 Å². The summed E-state index contributed by atoms with van der Waals surface area (Å²) in [7, 11) is 0. The Hall–Kier alpha value is -1.97. The van der Waals surface area contributed by atoms with Crippen LogP contribution in [-0.4, -0.2) is 73.8 Å². The Kier molecular flexibility index (Phi) is 14.8. The van der Waals surface area contributed by atoms with Gasteiger partial charge in [0, 0.05) is 5.57 Å². The molecule has 0 saturated carbocycles. The number of rotatable bonds is 13. The molecule has 1 atom stereocenters. The Morgan fingerprint density at radius 1 is 1.03 bits per heavy atom. The molecule has 1 unspecified atom stereocenters. The quantitative estimate of drug-likeness (QED) is 0.249. The fourth-order valence-corrected chi connectivity index (χ4v) is 2.06. The Morgan fingerprint density at radius 3 is 2.03 bits per heavy atom. The molecule has 0 amide bonds. The van der Waals surface area contributed by atoms with Gasteiger partial charge in [-0.3, -0.25) is 0 Å². The van der Waals surface area contributed by atoms with Crippen LogP contribution in [0, 0.1) is 0 Å². The van der Waals surface area contributed by atoms with Crippen molar-refractivity contribution in [3.05, 3.63) is 42.0 Å². The number of hydrogen-bond acceptors (Lipinski definition) is 7. The fourth-order valence-electron chi connectivity index (χ4n) is 2.06. The third kappa shape index (κ3) is 14.1. The summed E-state index contributed by atoms with van der Waals surface area (Å²) in [6, 6.07) is 7.68. The van der Waals surface area contributed by atoms with Gasteiger partial charge >= 0.3 is 5.97 Å². The minimum atomic E-state index is -1.03. The van der Waals surface area contributed by atoms with E-state index in [9.17, 15) is 9.90 Å². The summed E-state index contributed by atoms with van der Waals surface area (Å²) >= 11 is 0. The molecular weight excluding hydrogens is 392 g/mol. The van der Waals surface area contributed by atoms with Gasteiger partial charge in [0.25, 0.3) is 0 Å². The van der Waals surface area contributed by atoms with Crippen LogP contribution in [0.3, 0.4) is 0 Å². The van der Waals surface area contributed by atoms with Crippen molar-refractivity contribution in [1.29, 1.82) is 0 Å². The summed E-state index contributed by atoms with van der Waals surface area (Å²) in [5.41, 5.74) is 1.15. The van der Waals surface area contributed by atoms with Gasteiger partial charge in [-0.25, -0.2) is 4.79 Å². The van der Waals surface area contributed by atoms with Crippen LogP contribution in [0.25, 0.3) is 0 Å². The SMILES string of the molecule is C=C(C)C(=O)O.CC(C)(C)c1ccccc1OC(O)COCCOCCOCCO. The second kappa shape index (κ2) is 15.8. The smallest absolute Gasteiger partial charge is 0.330 e. The molecular formula is C22H36O8. The van der Waals surface area contributed by atoms with E-state index in [4.69, 9.17) is 29.2 Å². The summed E-state index contributed by atoms with van der Waals surface area (Å²) < 4.78 is 21.3. The van der Waals surface area contributed by atoms with Crippen molar-refractivity contribution in [2.45, 2.75) is 39.4 Å². The van der Waals surface area contributed by atoms with Gasteiger partial charge in [-0.15, -0.1) is 0 Å². The number of aliphatic carboxylic acids is 1. The zero-order valence-electron chi connectivity index (χ0n) is 18.4. The number of aliphatic hydroxyl groups excluding tert-OH is 2. The maximum atomic E-state index is 9.96. The highest BCUT2D eigenvalue weighted by Gasteiger charge is 2.20. The van der Waals surface area contributed by atoms with E-state index < -0.39 is 12.3 Å². The van der Waals surface area contributed by atoms with Crippen molar-refractivity contribution >= 4 is 5.97 Å². The highest BCUT2D eigenvalue weighted by molar-refractivity contribution is 5.84. The maximum Gasteiger partial charge on any atom is 0.330 e. The third-order valence-electron chi connectivity index (χ3n) is 3.56. The highest BCUT2D eigenvalue weighted by atomic mass is 16.6. The van der Waals surface area contributed by atoms with Gasteiger partial charge < -0.3 is 34.3 Å². The van der Waals surface area contributed by atoms with Gasteiger partial charge in [-0.1, -0.05) is 45.5 Å². The molecule has 172 valence electrons. The number of aliphatic hydroxyl groups is 2. The van der Waals surface area contributed by atoms with E-state index in [2.05, 4.69) is 27.4 Å². The maximum absolute atomic E-state index is 9.96. The molecule has 1 aromatic carbocycles. The first kappa shape index (κ1) is 28.0. The minimum absolute atomic E-state index is 0.0132. The third-order valence-corrected chi connectivity index (χ3v) is 3.56. The molecule has 0 aliphatic carbocycles. The monoisotopic (exact) mass is 428 g/mol. The Bertz CT molecular complexity index is 597. The Labute approximate surface area is 179 Å². The van der Waals surface area contributed by atoms with E-state index in [1.807, 2.05) is 24.3 Å². The molecule has 30 heavy (non-hydrogen) atoms. The average molecular weight is 429 g/mol. The van der Waals surface area contributed by atoms with Crippen molar-refractivity contribution in [1.82, 2.24) is 0 Å². The lowest BCUT2D eigenvalue weighted by Crippen LogP contribution is -2.25. The van der Waals surface area contributed by atoms with E-state index in [1.54, 1.807) is 0 Å². The minimum Gasteiger partial charge on any atom is -0.478 e. The van der Waals surface area contributed by atoms with E-state index in [1.165, 1.54) is 6.92 Å². The van der Waals surface area contributed by atoms with Crippen LogP contribution in [0.15, 0.2) is 36.4 Å². The van der Waals surface area contributed by atoms with Gasteiger partial charge in [0.15, 0.2) is 0 Å². The van der Waals surface area contributed by atoms with E-state index in [0.29, 0.717) is 38.8 Å². The first-order valence-corrected chi connectivity index (χ1v) is 9.76. The van der Waals surface area contributed by atoms with Gasteiger partial charge in [-0.2, -0.15) is 0 Å². The Morgan fingerprint density at radius 2 is 1.53 bits per heavy atom. The molecule has 8 heteroatoms. The molecule has 0 saturated heterocycles. The molecule has 0 radical (unpaired) electrons. The molecule has 0 fully saturated rings. The molecule has 0 bridgehead atoms. The van der Waals surface area contributed by atoms with Crippen LogP contribution in [0.5, 0.6) is 5.75 Å². The number of carboxylic acids is 1. The topological polar surface area (TPSA) is 115 Å². The molecule has 0 aromatic heterocycles. The van der Waals surface area contributed by atoms with Gasteiger partial charge in [0.1, 0.15) is 12.4 Å². The van der Waals surface area contributed by atoms with Gasteiger partial charge in [0.2, 0.25) is 6.29 Å². The largest absolute Gasteiger partial charge is 0.478 e. The van der Waals surface area contributed by atoms with Crippen LogP contribution in [-0.2, 0) is 24.4 Å². The number of hydrogen-bond donors (Lipinski definition) is 3. The number of carbonyl (C=O) groups is 1. The summed E-state index contributed by atoms with van der Waals surface area (Å²) in [5, 5.41) is 26.4. The fraction of sp³-hybridized carbons (Fsp3) is 0.591. The molecule has 0 aliphatic rings. The first-order valence-electron chi connectivity index (χ1n) is 9.76. The van der Waals surface area contributed by atoms with Crippen LogP contribution in [0.4, 0.5) is 0 Å². The van der Waals surface area contributed by atoms with E-state index in [0.717, 1.165) is 5.56 Å². The summed E-state index contributed by atoms with van der Waals surface area (Å²) in [5.74, 6) is -0.270. The molecule has 0 heterocycles. The predicted molar refractivity (Wildman–Crippen MR) is 114 cm³/mol. The van der Waals surface area contributed by atoms with Crippen molar-refractivity contribution < 1.29 is 39.1 Å². The van der Waals surface area contributed by atoms with E-state index >= 15 is 0 Å². The second-order valence-corrected chi connectivity index (χ2v) is 7.43. The lowest BCUT2D eigenvalue weighted by Gasteiger charge is -2.24. The van der Waals surface area contributed by atoms with Crippen molar-refractivity contribution in [2.75, 3.05) is 46.2 Å². The van der Waals surface area contributed by atoms with Crippen LogP contribution in [0.1, 0.15) is 33.3 Å². The van der Waals surface area contributed by atoms with Crippen molar-refractivity contribution in [2.24, 2.45) is 0 Å². The zero-order chi connectivity index (χ0) is 23.0. The van der Waals surface area contributed by atoms with Crippen LogP contribution >= 0.6 is 0 Å². The predicted octanol–water partition coefficient (Wildman–Crippen LogP) is 2.37. The standard InChI is InChI=1S/C18H30O6.C4H6O2/c1-18(2,3)15-6-4-5-7-16(15)24-17(20)14-23-13-12-22-11-10-21-9-8-19;1-3(2)4(5)6/h4-7,17,19-20H,8-14H2,1-3H3;1H2,2H3,(H,5,6). The second-order valence-electron chi connectivity index (χ2n) is 7.43. The first-order chi connectivity index (χ1) is 14.1. The number of para-hydroxylation sites is 1. The number of ether oxygens (including phenoxy) is 4. The lowest BCUT2D eigenvalue weighted by atomic mass is 9.86. The Balaban J connectivity index is 0.00000122. The molecule has 0 aliphatic heterocycles. The summed E-state index contributed by atoms with van der Waals surface area (Å²) in [6.07, 6.45) is -1.03. The van der Waals surface area contributed by atoms with Crippen LogP contribution < -0.4 is 4.74 Å². The molecule has 3 N–H and O–H groups in total. The van der Waals surface area contributed by atoms with Crippen LogP contribution in [0.2, 0.25) is 0 Å². The number of benzene rings is 1. The molecule has 1 aromatic rings.